The Hall–Kier alpha value is -2.34. The summed E-state index contributed by atoms with van der Waals surface area (Å²) in [6, 6.07) is 3.84. The van der Waals surface area contributed by atoms with E-state index in [0.29, 0.717) is 11.3 Å². The highest BCUT2D eigenvalue weighted by Gasteiger charge is 2.33. The molecule has 4 rings (SSSR count). The first-order valence-corrected chi connectivity index (χ1v) is 10.3. The van der Waals surface area contributed by atoms with Gasteiger partial charge in [-0.15, -0.1) is 11.3 Å². The number of fused-ring (bicyclic) bond motifs is 3. The number of hydrazone groups is 1. The van der Waals surface area contributed by atoms with Crippen LogP contribution >= 0.6 is 11.3 Å². The van der Waals surface area contributed by atoms with Gasteiger partial charge in [0.2, 0.25) is 0 Å². The summed E-state index contributed by atoms with van der Waals surface area (Å²) in [6.07, 6.45) is 11.6. The van der Waals surface area contributed by atoms with Crippen LogP contribution < -0.4 is 5.43 Å². The van der Waals surface area contributed by atoms with Gasteiger partial charge in [-0.3, -0.25) is 10.4 Å². The Bertz CT molecular complexity index is 961. The summed E-state index contributed by atoms with van der Waals surface area (Å²) in [4.78, 5) is 15.6. The number of thiophene rings is 1. The zero-order valence-electron chi connectivity index (χ0n) is 16.1. The lowest BCUT2D eigenvalue weighted by molar-refractivity contribution is 0.184. The molecule has 140 valence electrons. The van der Waals surface area contributed by atoms with Crippen molar-refractivity contribution >= 4 is 33.6 Å². The summed E-state index contributed by atoms with van der Waals surface area (Å²) in [7, 11) is 0. The number of rotatable bonds is 5. The molecule has 3 aromatic heterocycles. The lowest BCUT2D eigenvalue weighted by Crippen LogP contribution is -2.28. The lowest BCUT2D eigenvalue weighted by Gasteiger charge is -2.36. The zero-order chi connectivity index (χ0) is 18.9. The van der Waals surface area contributed by atoms with Crippen molar-refractivity contribution < 1.29 is 0 Å². The third-order valence-corrected chi connectivity index (χ3v) is 7.15. The second-order valence-electron chi connectivity index (χ2n) is 7.84. The highest BCUT2D eigenvalue weighted by molar-refractivity contribution is 7.19. The predicted octanol–water partition coefficient (Wildman–Crippen LogP) is 5.07. The molecule has 0 radical (unpaired) electrons. The van der Waals surface area contributed by atoms with E-state index in [0.717, 1.165) is 34.4 Å². The molecule has 0 spiro atoms. The molecule has 0 fully saturated rings. The third-order valence-electron chi connectivity index (χ3n) is 5.95. The van der Waals surface area contributed by atoms with Crippen LogP contribution in [0.2, 0.25) is 0 Å². The third kappa shape index (κ3) is 3.58. The topological polar surface area (TPSA) is 63.1 Å². The minimum Gasteiger partial charge on any atom is -0.265 e. The Balaban J connectivity index is 1.65. The minimum atomic E-state index is 0.356. The van der Waals surface area contributed by atoms with E-state index in [-0.39, 0.29) is 0 Å². The smallest absolute Gasteiger partial charge is 0.158 e. The Kier molecular flexibility index (Phi) is 4.91. The van der Waals surface area contributed by atoms with Crippen LogP contribution in [0, 0.1) is 11.3 Å². The van der Waals surface area contributed by atoms with Crippen LogP contribution in [0.25, 0.3) is 10.2 Å². The molecule has 0 aliphatic heterocycles. The Morgan fingerprint density at radius 2 is 2.11 bits per heavy atom. The number of aromatic nitrogens is 3. The van der Waals surface area contributed by atoms with Gasteiger partial charge >= 0.3 is 0 Å². The van der Waals surface area contributed by atoms with E-state index >= 15 is 0 Å². The van der Waals surface area contributed by atoms with Crippen LogP contribution in [0.1, 0.15) is 49.6 Å². The molecule has 0 aromatic carbocycles. The van der Waals surface area contributed by atoms with Gasteiger partial charge in [0.15, 0.2) is 5.82 Å². The maximum absolute atomic E-state index is 4.53. The maximum atomic E-state index is 4.53. The highest BCUT2D eigenvalue weighted by Crippen LogP contribution is 2.45. The van der Waals surface area contributed by atoms with Crippen molar-refractivity contribution in [1.82, 2.24) is 15.0 Å². The molecule has 0 unspecified atom stereocenters. The number of nitrogens with zero attached hydrogens (tertiary/aromatic N) is 4. The van der Waals surface area contributed by atoms with E-state index in [4.69, 9.17) is 0 Å². The van der Waals surface area contributed by atoms with Crippen molar-refractivity contribution in [3.05, 3.63) is 46.9 Å². The molecular formula is C21H25N5S. The van der Waals surface area contributed by atoms with Gasteiger partial charge in [0.05, 0.1) is 11.6 Å². The van der Waals surface area contributed by atoms with Crippen molar-refractivity contribution in [2.45, 2.75) is 46.5 Å². The second-order valence-corrected chi connectivity index (χ2v) is 8.92. The monoisotopic (exact) mass is 379 g/mol. The first kappa shape index (κ1) is 18.0. The van der Waals surface area contributed by atoms with E-state index in [9.17, 15) is 0 Å². The summed E-state index contributed by atoms with van der Waals surface area (Å²) < 4.78 is 0. The van der Waals surface area contributed by atoms with Crippen molar-refractivity contribution in [1.29, 1.82) is 0 Å². The fraction of sp³-hybridized carbons (Fsp3) is 0.429. The molecule has 1 atom stereocenters. The number of aryl methyl sites for hydroxylation is 1. The quantitative estimate of drug-likeness (QED) is 0.496. The van der Waals surface area contributed by atoms with Gasteiger partial charge in [-0.05, 0) is 53.9 Å². The highest BCUT2D eigenvalue weighted by atomic mass is 32.1. The summed E-state index contributed by atoms with van der Waals surface area (Å²) in [5.41, 5.74) is 5.93. The molecule has 0 amide bonds. The van der Waals surface area contributed by atoms with Gasteiger partial charge in [0.25, 0.3) is 0 Å². The molecule has 0 bridgehead atoms. The SMILES string of the molecule is CCC(C)(C)[C@H]1CCc2sc3ncnc(N/N=C\c4ccncc4)c3c2C1. The van der Waals surface area contributed by atoms with Gasteiger partial charge < -0.3 is 0 Å². The second kappa shape index (κ2) is 7.35. The van der Waals surface area contributed by atoms with E-state index < -0.39 is 0 Å². The van der Waals surface area contributed by atoms with Crippen LogP contribution in [0.5, 0.6) is 0 Å². The average Bonchev–Trinajstić information content (AvgIpc) is 3.07. The Morgan fingerprint density at radius 3 is 2.89 bits per heavy atom. The number of hydrogen-bond acceptors (Lipinski definition) is 6. The molecule has 3 heterocycles. The minimum absolute atomic E-state index is 0.356. The molecule has 6 heteroatoms. The summed E-state index contributed by atoms with van der Waals surface area (Å²) in [5, 5.41) is 5.54. The largest absolute Gasteiger partial charge is 0.265 e. The molecule has 3 aromatic rings. The molecule has 0 saturated carbocycles. The van der Waals surface area contributed by atoms with Crippen LogP contribution in [-0.4, -0.2) is 21.2 Å². The molecule has 0 saturated heterocycles. The average molecular weight is 380 g/mol. The van der Waals surface area contributed by atoms with E-state index in [1.165, 1.54) is 23.3 Å². The van der Waals surface area contributed by atoms with E-state index in [2.05, 4.69) is 46.3 Å². The standard InChI is InChI=1S/C21H25N5S/c1-4-21(2,3)15-5-6-17-16(11-15)18-19(23-13-24-20(18)27-17)26-25-12-14-7-9-22-10-8-14/h7-10,12-13,15H,4-6,11H2,1-3H3,(H,23,24,26)/b25-12-/t15-/m0/s1. The van der Waals surface area contributed by atoms with Gasteiger partial charge in [0, 0.05) is 17.3 Å². The van der Waals surface area contributed by atoms with Crippen molar-refractivity contribution in [2.24, 2.45) is 16.4 Å². The summed E-state index contributed by atoms with van der Waals surface area (Å²) in [5.74, 6) is 1.50. The van der Waals surface area contributed by atoms with Crippen LogP contribution in [0.15, 0.2) is 36.0 Å². The van der Waals surface area contributed by atoms with Crippen LogP contribution in [0.4, 0.5) is 5.82 Å². The first-order valence-electron chi connectivity index (χ1n) is 9.53. The normalized spacial score (nSPS) is 17.4. The molecule has 1 N–H and O–H groups in total. The van der Waals surface area contributed by atoms with Crippen molar-refractivity contribution in [3.8, 4) is 0 Å². The number of nitrogens with one attached hydrogen (secondary N) is 1. The fourth-order valence-electron chi connectivity index (χ4n) is 3.77. The van der Waals surface area contributed by atoms with E-state index in [1.54, 1.807) is 24.9 Å². The van der Waals surface area contributed by atoms with E-state index in [1.807, 2.05) is 23.5 Å². The van der Waals surface area contributed by atoms with Gasteiger partial charge in [-0.25, -0.2) is 9.97 Å². The molecule has 1 aliphatic carbocycles. The Morgan fingerprint density at radius 1 is 1.30 bits per heavy atom. The summed E-state index contributed by atoms with van der Waals surface area (Å²) >= 11 is 1.81. The Labute approximate surface area is 164 Å². The van der Waals surface area contributed by atoms with Gasteiger partial charge in [-0.1, -0.05) is 27.2 Å². The number of anilines is 1. The van der Waals surface area contributed by atoms with Crippen molar-refractivity contribution in [3.63, 3.8) is 0 Å². The molecule has 27 heavy (non-hydrogen) atoms. The van der Waals surface area contributed by atoms with Crippen LogP contribution in [0.3, 0.4) is 0 Å². The fourth-order valence-corrected chi connectivity index (χ4v) is 4.95. The zero-order valence-corrected chi connectivity index (χ0v) is 16.9. The van der Waals surface area contributed by atoms with Gasteiger partial charge in [-0.2, -0.15) is 5.10 Å². The van der Waals surface area contributed by atoms with Crippen LogP contribution in [-0.2, 0) is 12.8 Å². The predicted molar refractivity (Wildman–Crippen MR) is 112 cm³/mol. The first-order chi connectivity index (χ1) is 13.1. The molecular weight excluding hydrogens is 354 g/mol. The number of hydrogen-bond donors (Lipinski definition) is 1. The lowest BCUT2D eigenvalue weighted by atomic mass is 9.69. The molecule has 5 nitrogen and oxygen atoms in total. The van der Waals surface area contributed by atoms with Crippen molar-refractivity contribution in [2.75, 3.05) is 5.43 Å². The summed E-state index contributed by atoms with van der Waals surface area (Å²) in [6.45, 7) is 7.09. The molecule has 1 aliphatic rings. The number of pyridine rings is 1. The maximum Gasteiger partial charge on any atom is 0.158 e. The van der Waals surface area contributed by atoms with Gasteiger partial charge in [0.1, 0.15) is 11.2 Å².